The number of hydrogen-bond acceptors (Lipinski definition) is 2. The van der Waals surface area contributed by atoms with Crippen LogP contribution in [-0.2, 0) is 28.9 Å². The van der Waals surface area contributed by atoms with Crippen molar-refractivity contribution in [2.75, 3.05) is 6.61 Å². The molecular weight excluding hydrogens is 257 g/mol. The third kappa shape index (κ3) is 2.19. The third-order valence-corrected chi connectivity index (χ3v) is 3.93. The Morgan fingerprint density at radius 2 is 2.15 bits per heavy atom. The molecule has 20 heavy (non-hydrogen) atoms. The van der Waals surface area contributed by atoms with Gasteiger partial charge in [-0.15, -0.1) is 0 Å². The average molecular weight is 275 g/mol. The molecular formula is C16H18FNO2. The van der Waals surface area contributed by atoms with E-state index in [1.165, 1.54) is 17.3 Å². The van der Waals surface area contributed by atoms with Crippen LogP contribution in [0, 0.1) is 5.82 Å². The van der Waals surface area contributed by atoms with Gasteiger partial charge in [0.25, 0.3) is 0 Å². The van der Waals surface area contributed by atoms with E-state index in [4.69, 9.17) is 4.74 Å². The quantitative estimate of drug-likeness (QED) is 0.805. The molecule has 0 amide bonds. The van der Waals surface area contributed by atoms with E-state index in [1.807, 2.05) is 4.57 Å². The summed E-state index contributed by atoms with van der Waals surface area (Å²) in [5.41, 5.74) is 3.31. The summed E-state index contributed by atoms with van der Waals surface area (Å²) in [7, 11) is 0. The van der Waals surface area contributed by atoms with E-state index in [0.717, 1.165) is 36.6 Å². The Bertz CT molecular complexity index is 660. The minimum atomic E-state index is -0.234. The molecule has 106 valence electrons. The molecule has 3 rings (SSSR count). The molecule has 1 aromatic heterocycles. The van der Waals surface area contributed by atoms with Gasteiger partial charge in [-0.2, -0.15) is 0 Å². The second-order valence-corrected chi connectivity index (χ2v) is 5.18. The van der Waals surface area contributed by atoms with Crippen LogP contribution in [0.2, 0.25) is 0 Å². The van der Waals surface area contributed by atoms with Crippen LogP contribution < -0.4 is 0 Å². The Morgan fingerprint density at radius 3 is 2.95 bits per heavy atom. The maximum Gasteiger partial charge on any atom is 0.325 e. The number of rotatable bonds is 3. The van der Waals surface area contributed by atoms with Gasteiger partial charge < -0.3 is 9.30 Å². The van der Waals surface area contributed by atoms with Crippen LogP contribution in [0.5, 0.6) is 0 Å². The van der Waals surface area contributed by atoms with E-state index in [1.54, 1.807) is 19.1 Å². The molecule has 1 aliphatic rings. The zero-order valence-corrected chi connectivity index (χ0v) is 11.6. The first-order valence-corrected chi connectivity index (χ1v) is 7.16. The number of ether oxygens (including phenoxy) is 1. The Kier molecular flexibility index (Phi) is 3.47. The van der Waals surface area contributed by atoms with E-state index >= 15 is 0 Å². The van der Waals surface area contributed by atoms with Crippen molar-refractivity contribution in [1.82, 2.24) is 4.57 Å². The highest BCUT2D eigenvalue weighted by atomic mass is 19.1. The van der Waals surface area contributed by atoms with Gasteiger partial charge in [0.15, 0.2) is 0 Å². The molecule has 0 saturated carbocycles. The molecule has 1 aliphatic carbocycles. The predicted molar refractivity (Wildman–Crippen MR) is 75.2 cm³/mol. The number of carbonyl (C=O) groups is 1. The van der Waals surface area contributed by atoms with Crippen LogP contribution in [0.15, 0.2) is 18.2 Å². The third-order valence-electron chi connectivity index (χ3n) is 3.93. The van der Waals surface area contributed by atoms with E-state index in [-0.39, 0.29) is 18.3 Å². The number of carbonyl (C=O) groups excluding carboxylic acids is 1. The molecule has 0 bridgehead atoms. The first-order chi connectivity index (χ1) is 9.70. The highest BCUT2D eigenvalue weighted by Crippen LogP contribution is 2.32. The number of esters is 1. The van der Waals surface area contributed by atoms with Crippen molar-refractivity contribution in [3.63, 3.8) is 0 Å². The molecule has 4 heteroatoms. The molecule has 0 spiro atoms. The fraction of sp³-hybridized carbons (Fsp3) is 0.438. The van der Waals surface area contributed by atoms with Crippen LogP contribution in [0.1, 0.15) is 31.0 Å². The minimum absolute atomic E-state index is 0.214. The van der Waals surface area contributed by atoms with Gasteiger partial charge in [-0.1, -0.05) is 0 Å². The van der Waals surface area contributed by atoms with Crippen molar-refractivity contribution in [3.8, 4) is 0 Å². The molecule has 3 nitrogen and oxygen atoms in total. The highest BCUT2D eigenvalue weighted by molar-refractivity contribution is 5.87. The summed E-state index contributed by atoms with van der Waals surface area (Å²) in [5, 5.41) is 0.948. The Hall–Kier alpha value is -1.84. The maximum absolute atomic E-state index is 13.5. The summed E-state index contributed by atoms with van der Waals surface area (Å²) in [6, 6.07) is 4.80. The Morgan fingerprint density at radius 1 is 1.35 bits per heavy atom. The van der Waals surface area contributed by atoms with Crippen LogP contribution in [0.25, 0.3) is 10.9 Å². The predicted octanol–water partition coefficient (Wildman–Crippen LogP) is 3.22. The molecule has 0 radical (unpaired) electrons. The van der Waals surface area contributed by atoms with E-state index in [2.05, 4.69) is 0 Å². The topological polar surface area (TPSA) is 31.2 Å². The summed E-state index contributed by atoms with van der Waals surface area (Å²) in [5.74, 6) is -0.457. The number of halogens is 1. The Labute approximate surface area is 117 Å². The van der Waals surface area contributed by atoms with Crippen molar-refractivity contribution in [1.29, 1.82) is 0 Å². The molecule has 0 N–H and O–H groups in total. The van der Waals surface area contributed by atoms with Gasteiger partial charge in [0.05, 0.1) is 6.61 Å². The lowest BCUT2D eigenvalue weighted by atomic mass is 9.95. The smallest absolute Gasteiger partial charge is 0.325 e. The lowest BCUT2D eigenvalue weighted by Gasteiger charge is -2.15. The largest absolute Gasteiger partial charge is 0.465 e. The summed E-state index contributed by atoms with van der Waals surface area (Å²) < 4.78 is 20.5. The van der Waals surface area contributed by atoms with Crippen LogP contribution >= 0.6 is 0 Å². The normalized spacial score (nSPS) is 14.3. The zero-order valence-electron chi connectivity index (χ0n) is 11.6. The van der Waals surface area contributed by atoms with E-state index in [9.17, 15) is 9.18 Å². The number of hydrogen-bond donors (Lipinski definition) is 0. The van der Waals surface area contributed by atoms with Gasteiger partial charge in [-0.25, -0.2) is 4.39 Å². The monoisotopic (exact) mass is 275 g/mol. The summed E-state index contributed by atoms with van der Waals surface area (Å²) in [6.45, 7) is 2.40. The van der Waals surface area contributed by atoms with Gasteiger partial charge in [0.1, 0.15) is 12.4 Å². The van der Waals surface area contributed by atoms with Crippen molar-refractivity contribution >= 4 is 16.9 Å². The molecule has 0 fully saturated rings. The van der Waals surface area contributed by atoms with Crippen LogP contribution in [0.3, 0.4) is 0 Å². The molecule has 2 aromatic rings. The highest BCUT2D eigenvalue weighted by Gasteiger charge is 2.21. The van der Waals surface area contributed by atoms with Crippen molar-refractivity contribution in [3.05, 3.63) is 35.3 Å². The van der Waals surface area contributed by atoms with Gasteiger partial charge in [-0.3, -0.25) is 4.79 Å². The Balaban J connectivity index is 2.12. The first-order valence-electron chi connectivity index (χ1n) is 7.16. The minimum Gasteiger partial charge on any atom is -0.465 e. The van der Waals surface area contributed by atoms with E-state index in [0.29, 0.717) is 6.61 Å². The number of aromatic nitrogens is 1. The number of fused-ring (bicyclic) bond motifs is 3. The summed E-state index contributed by atoms with van der Waals surface area (Å²) >= 11 is 0. The average Bonchev–Trinajstić information content (AvgIpc) is 2.74. The van der Waals surface area contributed by atoms with Crippen LogP contribution in [0.4, 0.5) is 4.39 Å². The fourth-order valence-electron chi connectivity index (χ4n) is 3.12. The molecule has 1 heterocycles. The second-order valence-electron chi connectivity index (χ2n) is 5.18. The second kappa shape index (κ2) is 5.27. The van der Waals surface area contributed by atoms with Crippen molar-refractivity contribution < 1.29 is 13.9 Å². The first kappa shape index (κ1) is 13.2. The zero-order chi connectivity index (χ0) is 14.1. The fourth-order valence-corrected chi connectivity index (χ4v) is 3.12. The van der Waals surface area contributed by atoms with Gasteiger partial charge >= 0.3 is 5.97 Å². The molecule has 0 atom stereocenters. The number of nitrogens with zero attached hydrogens (tertiary/aromatic N) is 1. The number of aryl methyl sites for hydroxylation is 1. The SMILES string of the molecule is CCOC(=O)Cn1c2c(c3cc(F)ccc31)CCCC2. The van der Waals surface area contributed by atoms with Crippen LogP contribution in [-0.4, -0.2) is 17.1 Å². The number of benzene rings is 1. The molecule has 0 aliphatic heterocycles. The molecule has 0 saturated heterocycles. The standard InChI is InChI=1S/C16H18FNO2/c1-2-20-16(19)10-18-14-6-4-3-5-12(14)13-9-11(17)7-8-15(13)18/h7-9H,2-6,10H2,1H3. The lowest BCUT2D eigenvalue weighted by molar-refractivity contribution is -0.143. The van der Waals surface area contributed by atoms with Gasteiger partial charge in [0.2, 0.25) is 0 Å². The van der Waals surface area contributed by atoms with Gasteiger partial charge in [-0.05, 0) is 56.4 Å². The maximum atomic E-state index is 13.5. The van der Waals surface area contributed by atoms with Gasteiger partial charge in [0, 0.05) is 16.6 Å². The molecule has 1 aromatic carbocycles. The van der Waals surface area contributed by atoms with Crippen molar-refractivity contribution in [2.45, 2.75) is 39.2 Å². The molecule has 0 unspecified atom stereocenters. The van der Waals surface area contributed by atoms with Crippen molar-refractivity contribution in [2.24, 2.45) is 0 Å². The summed E-state index contributed by atoms with van der Waals surface area (Å²) in [4.78, 5) is 11.8. The van der Waals surface area contributed by atoms with E-state index < -0.39 is 0 Å². The lowest BCUT2D eigenvalue weighted by Crippen LogP contribution is -2.16. The summed E-state index contributed by atoms with van der Waals surface area (Å²) in [6.07, 6.45) is 4.16.